The van der Waals surface area contributed by atoms with Crippen LogP contribution in [0.3, 0.4) is 0 Å². The van der Waals surface area contributed by atoms with Gasteiger partial charge in [0.05, 0.1) is 12.3 Å². The smallest absolute Gasteiger partial charge is 0.137 e. The van der Waals surface area contributed by atoms with Crippen LogP contribution in [0.5, 0.6) is 5.75 Å². The highest BCUT2D eigenvalue weighted by atomic mass is 16.5. The van der Waals surface area contributed by atoms with Gasteiger partial charge >= 0.3 is 0 Å². The van der Waals surface area contributed by atoms with Crippen LogP contribution in [-0.4, -0.2) is 11.1 Å². The Morgan fingerprint density at radius 2 is 1.57 bits per heavy atom. The number of pyridine rings is 1. The molecule has 1 aromatic rings. The molecule has 0 aromatic carbocycles. The van der Waals surface area contributed by atoms with E-state index >= 15 is 0 Å². The lowest BCUT2D eigenvalue weighted by Gasteiger charge is -2.17. The monoisotopic (exact) mass is 291 g/mol. The Morgan fingerprint density at radius 3 is 2.00 bits per heavy atom. The van der Waals surface area contributed by atoms with Gasteiger partial charge in [-0.15, -0.1) is 0 Å². The topological polar surface area (TPSA) is 22.1 Å². The molecule has 21 heavy (non-hydrogen) atoms. The van der Waals surface area contributed by atoms with Gasteiger partial charge in [-0.2, -0.15) is 0 Å². The summed E-state index contributed by atoms with van der Waals surface area (Å²) in [6.45, 7) is 8.63. The number of hydrogen-bond donors (Lipinski definition) is 0. The molecule has 0 spiro atoms. The molecule has 1 rings (SSSR count). The molecule has 0 aliphatic rings. The predicted octanol–water partition coefficient (Wildman–Crippen LogP) is 6.11. The highest BCUT2D eigenvalue weighted by Crippen LogP contribution is 2.28. The Balaban J connectivity index is 2.62. The maximum atomic E-state index is 5.68. The molecule has 1 heterocycles. The third-order valence-electron chi connectivity index (χ3n) is 3.86. The molecule has 0 fully saturated rings. The van der Waals surface area contributed by atoms with Gasteiger partial charge in [0.2, 0.25) is 0 Å². The van der Waals surface area contributed by atoms with Crippen LogP contribution in [0, 0.1) is 0 Å². The summed E-state index contributed by atoms with van der Waals surface area (Å²) in [6, 6.07) is 4.25. The molecular formula is C19H33NO. The van der Waals surface area contributed by atoms with Crippen molar-refractivity contribution in [3.05, 3.63) is 24.0 Å². The molecule has 0 atom stereocenters. The van der Waals surface area contributed by atoms with Crippen molar-refractivity contribution in [2.45, 2.75) is 91.1 Å². The summed E-state index contributed by atoms with van der Waals surface area (Å²) in [5, 5.41) is 0. The molecule has 0 amide bonds. The van der Waals surface area contributed by atoms with Gasteiger partial charge in [0, 0.05) is 11.6 Å². The molecule has 0 aliphatic carbocycles. The van der Waals surface area contributed by atoms with Crippen LogP contribution in [0.1, 0.15) is 90.7 Å². The van der Waals surface area contributed by atoms with E-state index in [4.69, 9.17) is 4.74 Å². The molecule has 0 aliphatic heterocycles. The van der Waals surface area contributed by atoms with Crippen LogP contribution in [0.2, 0.25) is 0 Å². The fraction of sp³-hybridized carbons (Fsp3) is 0.737. The van der Waals surface area contributed by atoms with E-state index < -0.39 is 0 Å². The average molecular weight is 291 g/mol. The summed E-state index contributed by atoms with van der Waals surface area (Å²) >= 11 is 0. The van der Waals surface area contributed by atoms with E-state index in [1.54, 1.807) is 0 Å². The van der Waals surface area contributed by atoms with Crippen molar-refractivity contribution in [1.82, 2.24) is 4.98 Å². The zero-order valence-corrected chi connectivity index (χ0v) is 14.4. The lowest BCUT2D eigenvalue weighted by atomic mass is 9.91. The first-order valence-electron chi connectivity index (χ1n) is 8.80. The van der Waals surface area contributed by atoms with Crippen LogP contribution in [0.4, 0.5) is 0 Å². The van der Waals surface area contributed by atoms with Crippen LogP contribution >= 0.6 is 0 Å². The van der Waals surface area contributed by atoms with Crippen molar-refractivity contribution in [3.8, 4) is 5.75 Å². The van der Waals surface area contributed by atoms with E-state index in [-0.39, 0.29) is 6.10 Å². The summed E-state index contributed by atoms with van der Waals surface area (Å²) in [5.41, 5.74) is 1.25. The summed E-state index contributed by atoms with van der Waals surface area (Å²) in [5.74, 6) is 1.51. The van der Waals surface area contributed by atoms with Crippen molar-refractivity contribution < 1.29 is 4.74 Å². The summed E-state index contributed by atoms with van der Waals surface area (Å²) < 4.78 is 5.68. The second-order valence-electron chi connectivity index (χ2n) is 6.27. The van der Waals surface area contributed by atoms with Crippen molar-refractivity contribution in [2.75, 3.05) is 0 Å². The molecule has 2 nitrogen and oxygen atoms in total. The number of ether oxygens (including phenoxy) is 1. The Morgan fingerprint density at radius 1 is 0.952 bits per heavy atom. The average Bonchev–Trinajstić information content (AvgIpc) is 2.46. The minimum Gasteiger partial charge on any atom is -0.489 e. The molecule has 0 radical (unpaired) electrons. The Labute approximate surface area is 131 Å². The molecule has 0 bridgehead atoms. The molecule has 0 saturated carbocycles. The predicted molar refractivity (Wildman–Crippen MR) is 91.0 cm³/mol. The number of nitrogens with zero attached hydrogens (tertiary/aromatic N) is 1. The van der Waals surface area contributed by atoms with Gasteiger partial charge in [0.1, 0.15) is 5.75 Å². The van der Waals surface area contributed by atoms with Crippen molar-refractivity contribution in [2.24, 2.45) is 0 Å². The third-order valence-corrected chi connectivity index (χ3v) is 3.86. The van der Waals surface area contributed by atoms with E-state index in [1.807, 2.05) is 20.0 Å². The van der Waals surface area contributed by atoms with E-state index in [1.165, 1.54) is 57.1 Å². The SMILES string of the molecule is CCCCCC(CCCCC)c1ccc(OC(C)C)cn1. The Kier molecular flexibility index (Phi) is 9.12. The van der Waals surface area contributed by atoms with Gasteiger partial charge in [-0.25, -0.2) is 0 Å². The Bertz CT molecular complexity index is 348. The van der Waals surface area contributed by atoms with E-state index in [0.717, 1.165) is 5.75 Å². The first kappa shape index (κ1) is 18.0. The van der Waals surface area contributed by atoms with E-state index in [0.29, 0.717) is 5.92 Å². The molecule has 0 N–H and O–H groups in total. The summed E-state index contributed by atoms with van der Waals surface area (Å²) in [4.78, 5) is 4.66. The number of hydrogen-bond acceptors (Lipinski definition) is 2. The molecule has 2 heteroatoms. The maximum absolute atomic E-state index is 5.68. The van der Waals surface area contributed by atoms with Crippen molar-refractivity contribution in [3.63, 3.8) is 0 Å². The fourth-order valence-corrected chi connectivity index (χ4v) is 2.70. The van der Waals surface area contributed by atoms with Gasteiger partial charge in [-0.3, -0.25) is 4.98 Å². The summed E-state index contributed by atoms with van der Waals surface area (Å²) in [7, 11) is 0. The lowest BCUT2D eigenvalue weighted by molar-refractivity contribution is 0.241. The van der Waals surface area contributed by atoms with Crippen LogP contribution in [0.15, 0.2) is 18.3 Å². The molecule has 0 unspecified atom stereocenters. The van der Waals surface area contributed by atoms with Gasteiger partial charge < -0.3 is 4.74 Å². The van der Waals surface area contributed by atoms with Crippen LogP contribution in [0.25, 0.3) is 0 Å². The van der Waals surface area contributed by atoms with Crippen LogP contribution < -0.4 is 4.74 Å². The second kappa shape index (κ2) is 10.6. The Hall–Kier alpha value is -1.05. The highest BCUT2D eigenvalue weighted by molar-refractivity contribution is 5.22. The van der Waals surface area contributed by atoms with E-state index in [9.17, 15) is 0 Å². The molecule has 1 aromatic heterocycles. The first-order chi connectivity index (χ1) is 10.2. The molecular weight excluding hydrogens is 258 g/mol. The zero-order valence-electron chi connectivity index (χ0n) is 14.4. The number of unbranched alkanes of at least 4 members (excludes halogenated alkanes) is 4. The van der Waals surface area contributed by atoms with E-state index in [2.05, 4.69) is 31.0 Å². The van der Waals surface area contributed by atoms with Gasteiger partial charge in [-0.1, -0.05) is 52.4 Å². The zero-order chi connectivity index (χ0) is 15.5. The van der Waals surface area contributed by atoms with Gasteiger partial charge in [0.25, 0.3) is 0 Å². The standard InChI is InChI=1S/C19H33NO/c1-5-7-9-11-17(12-10-8-6-2)19-14-13-18(15-20-19)21-16(3)4/h13-17H,5-12H2,1-4H3. The van der Waals surface area contributed by atoms with Gasteiger partial charge in [0.15, 0.2) is 0 Å². The molecule has 120 valence electrons. The van der Waals surface area contributed by atoms with Crippen molar-refractivity contribution in [1.29, 1.82) is 0 Å². The quantitative estimate of drug-likeness (QED) is 0.459. The largest absolute Gasteiger partial charge is 0.489 e. The maximum Gasteiger partial charge on any atom is 0.137 e. The lowest BCUT2D eigenvalue weighted by Crippen LogP contribution is -2.07. The van der Waals surface area contributed by atoms with Crippen LogP contribution in [-0.2, 0) is 0 Å². The van der Waals surface area contributed by atoms with Gasteiger partial charge in [-0.05, 0) is 38.8 Å². The number of rotatable bonds is 11. The third kappa shape index (κ3) is 7.50. The minimum atomic E-state index is 0.211. The molecule has 0 saturated heterocycles. The number of aromatic nitrogens is 1. The fourth-order valence-electron chi connectivity index (χ4n) is 2.70. The first-order valence-corrected chi connectivity index (χ1v) is 8.80. The minimum absolute atomic E-state index is 0.211. The van der Waals surface area contributed by atoms with Crippen molar-refractivity contribution >= 4 is 0 Å². The second-order valence-corrected chi connectivity index (χ2v) is 6.27. The highest BCUT2D eigenvalue weighted by Gasteiger charge is 2.13. The normalized spacial score (nSPS) is 11.3. The summed E-state index contributed by atoms with van der Waals surface area (Å²) in [6.07, 6.45) is 12.5.